The average Bonchev–Trinajstić information content (AvgIpc) is 3.10. The van der Waals surface area contributed by atoms with Gasteiger partial charge in [-0.15, -0.1) is 0 Å². The molecular weight excluding hydrogens is 410 g/mol. The van der Waals surface area contributed by atoms with Crippen LogP contribution in [0.2, 0.25) is 0 Å². The van der Waals surface area contributed by atoms with E-state index in [1.54, 1.807) is 4.57 Å². The highest BCUT2D eigenvalue weighted by molar-refractivity contribution is 5.77. The topological polar surface area (TPSA) is 102 Å². The molecule has 0 radical (unpaired) electrons. The number of amides is 1. The summed E-state index contributed by atoms with van der Waals surface area (Å²) in [6, 6.07) is 0. The fourth-order valence-electron chi connectivity index (χ4n) is 4.41. The molecule has 0 bridgehead atoms. The lowest BCUT2D eigenvalue weighted by Gasteiger charge is -2.32. The number of nitrogens with zero attached hydrogens (tertiary/aromatic N) is 4. The van der Waals surface area contributed by atoms with E-state index in [-0.39, 0.29) is 17.9 Å². The summed E-state index contributed by atoms with van der Waals surface area (Å²) in [4.78, 5) is 47.1. The van der Waals surface area contributed by atoms with Crippen LogP contribution in [0, 0.1) is 5.92 Å². The highest BCUT2D eigenvalue weighted by atomic mass is 16.5. The Balaban J connectivity index is 1.88. The van der Waals surface area contributed by atoms with Crippen LogP contribution in [0.3, 0.4) is 0 Å². The number of likely N-dealkylation sites (tertiary alicyclic amines) is 1. The summed E-state index contributed by atoms with van der Waals surface area (Å²) in [5, 5.41) is 0. The molecule has 1 aliphatic heterocycles. The molecule has 3 rings (SSSR count). The van der Waals surface area contributed by atoms with Crippen LogP contribution in [-0.4, -0.2) is 55.7 Å². The molecule has 0 saturated carbocycles. The Morgan fingerprint density at radius 2 is 2.03 bits per heavy atom. The first-order chi connectivity index (χ1) is 15.3. The largest absolute Gasteiger partial charge is 0.377 e. The minimum atomic E-state index is -0.428. The van der Waals surface area contributed by atoms with E-state index in [1.165, 1.54) is 0 Å². The summed E-state index contributed by atoms with van der Waals surface area (Å²) in [6.45, 7) is 11.3. The van der Waals surface area contributed by atoms with Crippen LogP contribution < -0.4 is 11.2 Å². The first kappa shape index (κ1) is 24.2. The molecule has 1 atom stereocenters. The smallest absolute Gasteiger partial charge is 0.330 e. The van der Waals surface area contributed by atoms with Crippen LogP contribution in [0.15, 0.2) is 9.59 Å². The zero-order chi connectivity index (χ0) is 23.3. The number of hydrogen-bond donors (Lipinski definition) is 1. The third-order valence-electron chi connectivity index (χ3n) is 5.94. The van der Waals surface area contributed by atoms with Gasteiger partial charge in [0, 0.05) is 45.6 Å². The van der Waals surface area contributed by atoms with Crippen molar-refractivity contribution in [3.05, 3.63) is 26.7 Å². The Labute approximate surface area is 188 Å². The number of carbonyl (C=O) groups excluding carboxylic acids is 1. The SMILES string of the molecule is CCCCn1c(=O)[nH]c(=O)c2c1nc(CCC(=O)N1CCCC(OCC)C1)n2CC(C)C. The van der Waals surface area contributed by atoms with Gasteiger partial charge in [-0.25, -0.2) is 9.78 Å². The second-order valence-electron chi connectivity index (χ2n) is 9.03. The van der Waals surface area contributed by atoms with E-state index in [0.717, 1.165) is 32.2 Å². The zero-order valence-electron chi connectivity index (χ0n) is 19.9. The molecule has 9 nitrogen and oxygen atoms in total. The number of H-pyrrole nitrogens is 1. The van der Waals surface area contributed by atoms with Gasteiger partial charge in [-0.1, -0.05) is 27.2 Å². The Morgan fingerprint density at radius 3 is 2.72 bits per heavy atom. The van der Waals surface area contributed by atoms with E-state index >= 15 is 0 Å². The van der Waals surface area contributed by atoms with Gasteiger partial charge in [0.25, 0.3) is 5.56 Å². The van der Waals surface area contributed by atoms with Gasteiger partial charge >= 0.3 is 5.69 Å². The zero-order valence-corrected chi connectivity index (χ0v) is 19.9. The van der Waals surface area contributed by atoms with E-state index in [4.69, 9.17) is 9.72 Å². The number of imidazole rings is 1. The molecule has 0 aromatic carbocycles. The van der Waals surface area contributed by atoms with E-state index < -0.39 is 11.2 Å². The Kier molecular flexibility index (Phi) is 8.28. The molecule has 178 valence electrons. The van der Waals surface area contributed by atoms with Crippen molar-refractivity contribution in [2.45, 2.75) is 85.4 Å². The van der Waals surface area contributed by atoms with Crippen LogP contribution in [0.5, 0.6) is 0 Å². The number of fused-ring (bicyclic) bond motifs is 1. The minimum Gasteiger partial charge on any atom is -0.377 e. The second kappa shape index (κ2) is 10.9. The summed E-state index contributed by atoms with van der Waals surface area (Å²) in [5.41, 5.74) is -0.00182. The molecule has 0 spiro atoms. The maximum atomic E-state index is 12.9. The lowest BCUT2D eigenvalue weighted by molar-refractivity contribution is -0.135. The summed E-state index contributed by atoms with van der Waals surface area (Å²) in [5.74, 6) is 1.04. The molecule has 1 fully saturated rings. The maximum Gasteiger partial charge on any atom is 0.330 e. The van der Waals surface area contributed by atoms with Crippen molar-refractivity contribution in [1.29, 1.82) is 0 Å². The molecule has 1 unspecified atom stereocenters. The number of ether oxygens (including phenoxy) is 1. The molecule has 32 heavy (non-hydrogen) atoms. The Morgan fingerprint density at radius 1 is 1.25 bits per heavy atom. The summed E-state index contributed by atoms with van der Waals surface area (Å²) < 4.78 is 9.17. The van der Waals surface area contributed by atoms with Crippen LogP contribution in [0.4, 0.5) is 0 Å². The Bertz CT molecular complexity index is 1030. The van der Waals surface area contributed by atoms with Gasteiger partial charge in [-0.2, -0.15) is 0 Å². The predicted molar refractivity (Wildman–Crippen MR) is 124 cm³/mol. The number of aromatic nitrogens is 4. The summed E-state index contributed by atoms with van der Waals surface area (Å²) in [7, 11) is 0. The van der Waals surface area contributed by atoms with Gasteiger partial charge in [-0.05, 0) is 32.1 Å². The van der Waals surface area contributed by atoms with E-state index in [1.807, 2.05) is 16.4 Å². The maximum absolute atomic E-state index is 12.9. The lowest BCUT2D eigenvalue weighted by Crippen LogP contribution is -2.43. The number of unbranched alkanes of at least 4 members (excludes halogenated alkanes) is 1. The van der Waals surface area contributed by atoms with Gasteiger partial charge in [0.1, 0.15) is 5.82 Å². The molecule has 1 amide bonds. The molecule has 1 N–H and O–H groups in total. The summed E-state index contributed by atoms with van der Waals surface area (Å²) >= 11 is 0. The van der Waals surface area contributed by atoms with Crippen LogP contribution >= 0.6 is 0 Å². The molecule has 1 saturated heterocycles. The number of carbonyl (C=O) groups is 1. The van der Waals surface area contributed by atoms with Crippen molar-refractivity contribution < 1.29 is 9.53 Å². The number of piperidine rings is 1. The fraction of sp³-hybridized carbons (Fsp3) is 0.739. The first-order valence-corrected chi connectivity index (χ1v) is 12.0. The highest BCUT2D eigenvalue weighted by Gasteiger charge is 2.25. The van der Waals surface area contributed by atoms with Crippen molar-refractivity contribution in [2.24, 2.45) is 5.92 Å². The molecule has 0 aliphatic carbocycles. The minimum absolute atomic E-state index is 0.0786. The first-order valence-electron chi connectivity index (χ1n) is 12.0. The van der Waals surface area contributed by atoms with Crippen molar-refractivity contribution in [1.82, 2.24) is 24.0 Å². The van der Waals surface area contributed by atoms with Crippen LogP contribution in [0.1, 0.15) is 65.6 Å². The summed E-state index contributed by atoms with van der Waals surface area (Å²) in [6.07, 6.45) is 4.53. The average molecular weight is 448 g/mol. The van der Waals surface area contributed by atoms with E-state index in [2.05, 4.69) is 25.8 Å². The lowest BCUT2D eigenvalue weighted by atomic mass is 10.1. The van der Waals surface area contributed by atoms with Gasteiger partial charge in [0.2, 0.25) is 5.91 Å². The van der Waals surface area contributed by atoms with Gasteiger partial charge in [-0.3, -0.25) is 19.1 Å². The second-order valence-corrected chi connectivity index (χ2v) is 9.03. The molecule has 3 heterocycles. The van der Waals surface area contributed by atoms with Gasteiger partial charge in [0.15, 0.2) is 11.2 Å². The molecule has 1 aliphatic rings. The molecule has 9 heteroatoms. The number of nitrogens with one attached hydrogen (secondary N) is 1. The van der Waals surface area contributed by atoms with Crippen molar-refractivity contribution in [2.75, 3.05) is 19.7 Å². The molecule has 2 aromatic heterocycles. The highest BCUT2D eigenvalue weighted by Crippen LogP contribution is 2.18. The van der Waals surface area contributed by atoms with Crippen molar-refractivity contribution in [3.8, 4) is 0 Å². The predicted octanol–water partition coefficient (Wildman–Crippen LogP) is 2.30. The normalized spacial score (nSPS) is 16.9. The van der Waals surface area contributed by atoms with E-state index in [0.29, 0.717) is 56.1 Å². The van der Waals surface area contributed by atoms with Crippen LogP contribution in [0.25, 0.3) is 11.2 Å². The standard InChI is InChI=1S/C23H37N5O4/c1-5-7-13-27-21-20(22(30)25-23(27)31)28(14-16(3)4)18(24-21)10-11-19(29)26-12-8-9-17(15-26)32-6-2/h16-17H,5-15H2,1-4H3,(H,25,30,31). The number of rotatable bonds is 10. The number of aryl methyl sites for hydroxylation is 2. The molecular formula is C23H37N5O4. The van der Waals surface area contributed by atoms with E-state index in [9.17, 15) is 14.4 Å². The number of hydrogen-bond acceptors (Lipinski definition) is 5. The van der Waals surface area contributed by atoms with Crippen LogP contribution in [-0.2, 0) is 29.0 Å². The Hall–Kier alpha value is -2.42. The third-order valence-corrected chi connectivity index (χ3v) is 5.94. The third kappa shape index (κ3) is 5.49. The van der Waals surface area contributed by atoms with Crippen molar-refractivity contribution in [3.63, 3.8) is 0 Å². The quantitative estimate of drug-likeness (QED) is 0.602. The van der Waals surface area contributed by atoms with Crippen molar-refractivity contribution >= 4 is 17.1 Å². The fourth-order valence-corrected chi connectivity index (χ4v) is 4.41. The van der Waals surface area contributed by atoms with Gasteiger partial charge in [0.05, 0.1) is 6.10 Å². The van der Waals surface area contributed by atoms with Gasteiger partial charge < -0.3 is 14.2 Å². The number of aromatic amines is 1. The molecule has 2 aromatic rings. The monoisotopic (exact) mass is 447 g/mol.